The fourth-order valence-corrected chi connectivity index (χ4v) is 5.80. The van der Waals surface area contributed by atoms with Crippen molar-refractivity contribution in [3.63, 3.8) is 0 Å². The quantitative estimate of drug-likeness (QED) is 0.528. The maximum atomic E-state index is 12.8. The fraction of sp³-hybridized carbons (Fsp3) is 0.308. The van der Waals surface area contributed by atoms with Gasteiger partial charge in [-0.05, 0) is 53.6 Å². The number of benzene rings is 2. The van der Waals surface area contributed by atoms with Crippen LogP contribution in [0.1, 0.15) is 45.9 Å². The number of aromatic carboxylic acids is 1. The molecule has 1 fully saturated rings. The molecule has 0 aliphatic heterocycles. The van der Waals surface area contributed by atoms with E-state index in [2.05, 4.69) is 34.0 Å². The van der Waals surface area contributed by atoms with Gasteiger partial charge in [0.1, 0.15) is 17.2 Å². The number of rotatable bonds is 6. The van der Waals surface area contributed by atoms with Crippen molar-refractivity contribution in [3.8, 4) is 11.1 Å². The molecule has 0 bridgehead atoms. The molecule has 1 heterocycles. The van der Waals surface area contributed by atoms with Crippen LogP contribution in [-0.4, -0.2) is 47.1 Å². The molecule has 9 heteroatoms. The monoisotopic (exact) mass is 491 g/mol. The summed E-state index contributed by atoms with van der Waals surface area (Å²) in [5.74, 6) is -1.58. The van der Waals surface area contributed by atoms with Crippen LogP contribution in [0.2, 0.25) is 0 Å². The van der Waals surface area contributed by atoms with Crippen molar-refractivity contribution >= 4 is 34.5 Å². The lowest BCUT2D eigenvalue weighted by atomic mass is 9.79. The van der Waals surface area contributed by atoms with Gasteiger partial charge < -0.3 is 20.1 Å². The summed E-state index contributed by atoms with van der Waals surface area (Å²) in [5.41, 5.74) is 5.09. The number of nitrogens with zero attached hydrogens (tertiary/aromatic N) is 2. The van der Waals surface area contributed by atoms with E-state index >= 15 is 0 Å². The standard InChI is InChI=1S/C26H25N3O5S/c1-14-22(25(31)32)24(35-28-14)29(2)23(30)15-11-16(12-15)27-26(33)34-13-21-19-9-5-3-7-17(19)18-8-4-6-10-20(18)21/h3-10,15-16,21H,11-13H2,1-2H3,(H,27,33)(H,31,32). The number of aryl methyl sites for hydroxylation is 1. The van der Waals surface area contributed by atoms with Gasteiger partial charge in [-0.25, -0.2) is 9.59 Å². The molecule has 0 radical (unpaired) electrons. The number of nitrogens with one attached hydrogen (secondary N) is 1. The zero-order valence-corrected chi connectivity index (χ0v) is 20.2. The third-order valence-electron chi connectivity index (χ3n) is 6.85. The number of ether oxygens (including phenoxy) is 1. The van der Waals surface area contributed by atoms with Gasteiger partial charge in [-0.15, -0.1) is 0 Å². The Bertz CT molecular complexity index is 1270. The van der Waals surface area contributed by atoms with E-state index in [1.165, 1.54) is 16.0 Å². The summed E-state index contributed by atoms with van der Waals surface area (Å²) in [6.45, 7) is 1.85. The topological polar surface area (TPSA) is 109 Å². The summed E-state index contributed by atoms with van der Waals surface area (Å²) in [6.07, 6.45) is 0.462. The summed E-state index contributed by atoms with van der Waals surface area (Å²) in [5, 5.41) is 12.6. The second-order valence-corrected chi connectivity index (χ2v) is 9.74. The highest BCUT2D eigenvalue weighted by atomic mass is 32.1. The molecule has 2 aliphatic rings. The average Bonchev–Trinajstić information content (AvgIpc) is 3.37. The number of amides is 2. The minimum Gasteiger partial charge on any atom is -0.478 e. The second kappa shape index (κ2) is 9.14. The first-order chi connectivity index (χ1) is 16.8. The van der Waals surface area contributed by atoms with Gasteiger partial charge in [0.05, 0.1) is 5.69 Å². The number of carbonyl (C=O) groups excluding carboxylic acids is 2. The van der Waals surface area contributed by atoms with Crippen LogP contribution >= 0.6 is 11.5 Å². The molecule has 5 rings (SSSR count). The highest BCUT2D eigenvalue weighted by Crippen LogP contribution is 2.44. The molecular weight excluding hydrogens is 466 g/mol. The van der Waals surface area contributed by atoms with E-state index in [0.717, 1.165) is 22.7 Å². The van der Waals surface area contributed by atoms with Crippen LogP contribution in [0.4, 0.5) is 9.80 Å². The molecule has 2 aromatic carbocycles. The highest BCUT2D eigenvalue weighted by molar-refractivity contribution is 7.11. The summed E-state index contributed by atoms with van der Waals surface area (Å²) >= 11 is 0.998. The van der Waals surface area contributed by atoms with Gasteiger partial charge in [0, 0.05) is 24.9 Å². The van der Waals surface area contributed by atoms with Crippen molar-refractivity contribution in [1.82, 2.24) is 9.69 Å². The smallest absolute Gasteiger partial charge is 0.407 e. The van der Waals surface area contributed by atoms with E-state index in [4.69, 9.17) is 4.74 Å². The van der Waals surface area contributed by atoms with Crippen LogP contribution in [0.15, 0.2) is 48.5 Å². The van der Waals surface area contributed by atoms with Crippen molar-refractivity contribution in [2.75, 3.05) is 18.6 Å². The van der Waals surface area contributed by atoms with E-state index in [1.807, 2.05) is 24.3 Å². The lowest BCUT2D eigenvalue weighted by Crippen LogP contribution is -2.50. The lowest BCUT2D eigenvalue weighted by Gasteiger charge is -2.36. The number of carboxylic acids is 1. The van der Waals surface area contributed by atoms with Gasteiger partial charge in [-0.3, -0.25) is 4.79 Å². The number of hydrogen-bond donors (Lipinski definition) is 2. The molecule has 0 atom stereocenters. The maximum Gasteiger partial charge on any atom is 0.407 e. The Labute approximate surface area is 206 Å². The number of aromatic nitrogens is 1. The Kier molecular flexibility index (Phi) is 6.02. The van der Waals surface area contributed by atoms with Crippen molar-refractivity contribution in [2.24, 2.45) is 5.92 Å². The minimum atomic E-state index is -1.10. The van der Waals surface area contributed by atoms with Gasteiger partial charge in [-0.1, -0.05) is 48.5 Å². The third-order valence-corrected chi connectivity index (χ3v) is 7.86. The van der Waals surface area contributed by atoms with E-state index in [9.17, 15) is 19.5 Å². The van der Waals surface area contributed by atoms with Gasteiger partial charge in [0.25, 0.3) is 0 Å². The SMILES string of the molecule is Cc1nsc(N(C)C(=O)C2CC(NC(=O)OCC3c4ccccc4-c4ccccc43)C2)c1C(=O)O. The number of carboxylic acid groups (broad SMARTS) is 1. The van der Waals surface area contributed by atoms with E-state index in [1.54, 1.807) is 14.0 Å². The molecule has 180 valence electrons. The zero-order chi connectivity index (χ0) is 24.7. The predicted octanol–water partition coefficient (Wildman–Crippen LogP) is 4.43. The summed E-state index contributed by atoms with van der Waals surface area (Å²) in [6, 6.07) is 16.2. The van der Waals surface area contributed by atoms with E-state index in [0.29, 0.717) is 23.5 Å². The van der Waals surface area contributed by atoms with Crippen molar-refractivity contribution in [3.05, 3.63) is 70.9 Å². The first-order valence-corrected chi connectivity index (χ1v) is 12.2. The van der Waals surface area contributed by atoms with Crippen LogP contribution in [0, 0.1) is 12.8 Å². The molecule has 0 spiro atoms. The van der Waals surface area contributed by atoms with E-state index < -0.39 is 12.1 Å². The van der Waals surface area contributed by atoms with Gasteiger partial charge in [-0.2, -0.15) is 4.37 Å². The third kappa shape index (κ3) is 4.16. The van der Waals surface area contributed by atoms with Crippen LogP contribution < -0.4 is 10.2 Å². The number of carbonyl (C=O) groups is 3. The molecule has 1 saturated carbocycles. The molecule has 3 aromatic rings. The first-order valence-electron chi connectivity index (χ1n) is 11.4. The average molecular weight is 492 g/mol. The van der Waals surface area contributed by atoms with Crippen molar-refractivity contribution < 1.29 is 24.2 Å². The molecule has 2 amide bonds. The van der Waals surface area contributed by atoms with Gasteiger partial charge in [0.2, 0.25) is 5.91 Å². The molecule has 0 saturated heterocycles. The Morgan fingerprint density at radius 1 is 1.09 bits per heavy atom. The van der Waals surface area contributed by atoms with Crippen molar-refractivity contribution in [2.45, 2.75) is 31.7 Å². The normalized spacial score (nSPS) is 18.2. The summed E-state index contributed by atoms with van der Waals surface area (Å²) in [7, 11) is 1.56. The van der Waals surface area contributed by atoms with Crippen LogP contribution in [0.3, 0.4) is 0 Å². The summed E-state index contributed by atoms with van der Waals surface area (Å²) < 4.78 is 9.66. The van der Waals surface area contributed by atoms with Crippen LogP contribution in [0.5, 0.6) is 0 Å². The highest BCUT2D eigenvalue weighted by Gasteiger charge is 2.39. The Hall–Kier alpha value is -3.72. The van der Waals surface area contributed by atoms with E-state index in [-0.39, 0.29) is 36.0 Å². The molecule has 1 aromatic heterocycles. The Morgan fingerprint density at radius 3 is 2.29 bits per heavy atom. The van der Waals surface area contributed by atoms with Gasteiger partial charge >= 0.3 is 12.1 Å². The molecule has 2 N–H and O–H groups in total. The number of hydrogen-bond acceptors (Lipinski definition) is 6. The summed E-state index contributed by atoms with van der Waals surface area (Å²) in [4.78, 5) is 38.2. The van der Waals surface area contributed by atoms with Crippen molar-refractivity contribution in [1.29, 1.82) is 0 Å². The molecular formula is C26H25N3O5S. The zero-order valence-electron chi connectivity index (χ0n) is 19.4. The van der Waals surface area contributed by atoms with Crippen LogP contribution in [0.25, 0.3) is 11.1 Å². The van der Waals surface area contributed by atoms with Gasteiger partial charge in [0.15, 0.2) is 0 Å². The first kappa shape index (κ1) is 23.0. The lowest BCUT2D eigenvalue weighted by molar-refractivity contribution is -0.125. The molecule has 2 aliphatic carbocycles. The fourth-order valence-electron chi connectivity index (χ4n) is 4.95. The Balaban J connectivity index is 1.14. The van der Waals surface area contributed by atoms with Crippen LogP contribution in [-0.2, 0) is 9.53 Å². The molecule has 8 nitrogen and oxygen atoms in total. The molecule has 35 heavy (non-hydrogen) atoms. The second-order valence-electron chi connectivity index (χ2n) is 8.99. The Morgan fingerprint density at radius 2 is 1.69 bits per heavy atom. The number of alkyl carbamates (subject to hydrolysis) is 1. The number of anilines is 1. The molecule has 0 unspecified atom stereocenters. The largest absolute Gasteiger partial charge is 0.478 e. The maximum absolute atomic E-state index is 12.8. The number of fused-ring (bicyclic) bond motifs is 3. The predicted molar refractivity (Wildman–Crippen MR) is 132 cm³/mol. The minimum absolute atomic E-state index is 0.0104.